The fourth-order valence-electron chi connectivity index (χ4n) is 1.54. The SMILES string of the molecule is Nc1cccc(CS(=O)c2cccc(Br)c2)c1Br. The lowest BCUT2D eigenvalue weighted by Crippen LogP contribution is -1.99. The highest BCUT2D eigenvalue weighted by Gasteiger charge is 2.09. The van der Waals surface area contributed by atoms with Crippen LogP contribution in [0.25, 0.3) is 0 Å². The van der Waals surface area contributed by atoms with E-state index >= 15 is 0 Å². The molecule has 0 aliphatic rings. The van der Waals surface area contributed by atoms with Gasteiger partial charge in [0.1, 0.15) is 0 Å². The molecule has 0 heterocycles. The van der Waals surface area contributed by atoms with Gasteiger partial charge < -0.3 is 5.73 Å². The third-order valence-electron chi connectivity index (χ3n) is 2.45. The van der Waals surface area contributed by atoms with E-state index in [1.807, 2.05) is 42.5 Å². The Balaban J connectivity index is 2.24. The Morgan fingerprint density at radius 2 is 1.83 bits per heavy atom. The summed E-state index contributed by atoms with van der Waals surface area (Å²) in [5.41, 5.74) is 7.42. The molecule has 1 unspecified atom stereocenters. The molecule has 1 atom stereocenters. The predicted octanol–water partition coefficient (Wildman–Crippen LogP) is 4.10. The van der Waals surface area contributed by atoms with Crippen molar-refractivity contribution in [2.75, 3.05) is 5.73 Å². The number of benzene rings is 2. The average molecular weight is 389 g/mol. The Labute approximate surface area is 125 Å². The molecule has 0 radical (unpaired) electrons. The highest BCUT2D eigenvalue weighted by atomic mass is 79.9. The second kappa shape index (κ2) is 5.99. The molecular weight excluding hydrogens is 378 g/mol. The van der Waals surface area contributed by atoms with Crippen molar-refractivity contribution in [2.45, 2.75) is 10.6 Å². The topological polar surface area (TPSA) is 43.1 Å². The number of anilines is 1. The van der Waals surface area contributed by atoms with Gasteiger partial charge in [-0.3, -0.25) is 4.21 Å². The molecule has 2 aromatic carbocycles. The second-order valence-electron chi connectivity index (χ2n) is 3.77. The van der Waals surface area contributed by atoms with Crippen LogP contribution in [0.2, 0.25) is 0 Å². The maximum absolute atomic E-state index is 12.3. The van der Waals surface area contributed by atoms with Crippen LogP contribution in [0.15, 0.2) is 56.3 Å². The van der Waals surface area contributed by atoms with Crippen LogP contribution in [0.4, 0.5) is 5.69 Å². The van der Waals surface area contributed by atoms with E-state index in [2.05, 4.69) is 31.9 Å². The lowest BCUT2D eigenvalue weighted by Gasteiger charge is -2.07. The van der Waals surface area contributed by atoms with Crippen LogP contribution in [-0.2, 0) is 16.6 Å². The molecule has 2 rings (SSSR count). The predicted molar refractivity (Wildman–Crippen MR) is 82.8 cm³/mol. The summed E-state index contributed by atoms with van der Waals surface area (Å²) in [6, 6.07) is 13.1. The molecule has 0 aliphatic carbocycles. The molecule has 2 aromatic rings. The van der Waals surface area contributed by atoms with Crippen molar-refractivity contribution in [1.82, 2.24) is 0 Å². The monoisotopic (exact) mass is 387 g/mol. The van der Waals surface area contributed by atoms with Gasteiger partial charge in [0.25, 0.3) is 0 Å². The van der Waals surface area contributed by atoms with Crippen LogP contribution in [0.1, 0.15) is 5.56 Å². The summed E-state index contributed by atoms with van der Waals surface area (Å²) in [7, 11) is -1.08. The molecule has 0 spiro atoms. The molecule has 18 heavy (non-hydrogen) atoms. The van der Waals surface area contributed by atoms with Crippen molar-refractivity contribution in [3.63, 3.8) is 0 Å². The fraction of sp³-hybridized carbons (Fsp3) is 0.0769. The molecule has 0 bridgehead atoms. The van der Waals surface area contributed by atoms with E-state index in [1.165, 1.54) is 0 Å². The van der Waals surface area contributed by atoms with Crippen molar-refractivity contribution < 1.29 is 4.21 Å². The van der Waals surface area contributed by atoms with Crippen molar-refractivity contribution in [3.05, 3.63) is 57.0 Å². The largest absolute Gasteiger partial charge is 0.398 e. The zero-order valence-electron chi connectivity index (χ0n) is 9.40. The summed E-state index contributed by atoms with van der Waals surface area (Å²) in [6.45, 7) is 0. The third kappa shape index (κ3) is 3.22. The summed E-state index contributed by atoms with van der Waals surface area (Å²) in [5.74, 6) is 0.447. The maximum atomic E-state index is 12.3. The Morgan fingerprint density at radius 1 is 1.11 bits per heavy atom. The highest BCUT2D eigenvalue weighted by molar-refractivity contribution is 9.11. The number of nitrogen functional groups attached to an aromatic ring is 1. The van der Waals surface area contributed by atoms with Crippen molar-refractivity contribution in [2.24, 2.45) is 0 Å². The van der Waals surface area contributed by atoms with E-state index in [0.717, 1.165) is 19.4 Å². The number of nitrogens with two attached hydrogens (primary N) is 1. The van der Waals surface area contributed by atoms with E-state index in [0.29, 0.717) is 11.4 Å². The van der Waals surface area contributed by atoms with Crippen molar-refractivity contribution >= 4 is 48.3 Å². The van der Waals surface area contributed by atoms with Crippen molar-refractivity contribution in [3.8, 4) is 0 Å². The van der Waals surface area contributed by atoms with Gasteiger partial charge in [0.15, 0.2) is 0 Å². The van der Waals surface area contributed by atoms with Gasteiger partial charge in [0.2, 0.25) is 0 Å². The van der Waals surface area contributed by atoms with Crippen LogP contribution < -0.4 is 5.73 Å². The summed E-state index contributed by atoms with van der Waals surface area (Å²) >= 11 is 6.81. The first-order valence-electron chi connectivity index (χ1n) is 5.25. The molecule has 94 valence electrons. The molecule has 5 heteroatoms. The summed E-state index contributed by atoms with van der Waals surface area (Å²) in [6.07, 6.45) is 0. The minimum Gasteiger partial charge on any atom is -0.398 e. The number of hydrogen-bond acceptors (Lipinski definition) is 2. The van der Waals surface area contributed by atoms with Crippen LogP contribution in [-0.4, -0.2) is 4.21 Å². The van der Waals surface area contributed by atoms with E-state index in [4.69, 9.17) is 5.73 Å². The molecular formula is C13H11Br2NOS. The van der Waals surface area contributed by atoms with Gasteiger partial charge in [-0.15, -0.1) is 0 Å². The minimum absolute atomic E-state index is 0.447. The first-order chi connectivity index (χ1) is 8.58. The molecule has 0 aliphatic heterocycles. The quantitative estimate of drug-likeness (QED) is 0.804. The Kier molecular flexibility index (Phi) is 4.59. The van der Waals surface area contributed by atoms with Gasteiger partial charge in [-0.25, -0.2) is 0 Å². The molecule has 2 nitrogen and oxygen atoms in total. The van der Waals surface area contributed by atoms with Crippen LogP contribution in [0, 0.1) is 0 Å². The zero-order chi connectivity index (χ0) is 13.1. The van der Waals surface area contributed by atoms with Crippen LogP contribution in [0.3, 0.4) is 0 Å². The molecule has 0 fully saturated rings. The van der Waals surface area contributed by atoms with Gasteiger partial charge in [-0.2, -0.15) is 0 Å². The van der Waals surface area contributed by atoms with Gasteiger partial charge in [-0.05, 0) is 45.8 Å². The van der Waals surface area contributed by atoms with Crippen LogP contribution >= 0.6 is 31.9 Å². The highest BCUT2D eigenvalue weighted by Crippen LogP contribution is 2.26. The Morgan fingerprint density at radius 3 is 2.56 bits per heavy atom. The van der Waals surface area contributed by atoms with Gasteiger partial charge >= 0.3 is 0 Å². The van der Waals surface area contributed by atoms with Crippen molar-refractivity contribution in [1.29, 1.82) is 0 Å². The summed E-state index contributed by atoms with van der Waals surface area (Å²) in [4.78, 5) is 0.804. The Bertz CT molecular complexity index is 601. The molecule has 0 aromatic heterocycles. The van der Waals surface area contributed by atoms with Crippen LogP contribution in [0.5, 0.6) is 0 Å². The molecule has 2 N–H and O–H groups in total. The standard InChI is InChI=1S/C13H11Br2NOS/c14-10-4-2-5-11(7-10)18(17)8-9-3-1-6-12(16)13(9)15/h1-7H,8,16H2. The lowest BCUT2D eigenvalue weighted by atomic mass is 10.2. The van der Waals surface area contributed by atoms with E-state index < -0.39 is 10.8 Å². The maximum Gasteiger partial charge on any atom is 0.0574 e. The first kappa shape index (κ1) is 13.8. The van der Waals surface area contributed by atoms with Gasteiger partial charge in [0.05, 0.1) is 16.6 Å². The van der Waals surface area contributed by atoms with E-state index in [1.54, 1.807) is 0 Å². The number of rotatable bonds is 3. The van der Waals surface area contributed by atoms with Gasteiger partial charge in [0, 0.05) is 19.5 Å². The molecule has 0 saturated heterocycles. The van der Waals surface area contributed by atoms with Gasteiger partial charge in [-0.1, -0.05) is 34.1 Å². The first-order valence-corrected chi connectivity index (χ1v) is 8.15. The normalized spacial score (nSPS) is 12.3. The second-order valence-corrected chi connectivity index (χ2v) is 6.93. The summed E-state index contributed by atoms with van der Waals surface area (Å²) < 4.78 is 14.0. The zero-order valence-corrected chi connectivity index (χ0v) is 13.4. The smallest absolute Gasteiger partial charge is 0.0574 e. The van der Waals surface area contributed by atoms with E-state index in [9.17, 15) is 4.21 Å². The lowest BCUT2D eigenvalue weighted by molar-refractivity contribution is 0.682. The molecule has 0 amide bonds. The summed E-state index contributed by atoms with van der Waals surface area (Å²) in [5, 5.41) is 0. The van der Waals surface area contributed by atoms with E-state index in [-0.39, 0.29) is 0 Å². The number of hydrogen-bond donors (Lipinski definition) is 1. The average Bonchev–Trinajstić information content (AvgIpc) is 2.35. The number of halogens is 2. The fourth-order valence-corrected chi connectivity index (χ4v) is 3.86. The molecule has 0 saturated carbocycles. The minimum atomic E-state index is -1.08. The Hall–Kier alpha value is -0.650. The third-order valence-corrected chi connectivity index (χ3v) is 5.27.